The highest BCUT2D eigenvalue weighted by molar-refractivity contribution is 8.77. The molecule has 35 heavy (non-hydrogen) atoms. The zero-order valence-electron chi connectivity index (χ0n) is 20.4. The quantitative estimate of drug-likeness (QED) is 0.104. The number of hydrogen-bond acceptors (Lipinski definition) is 4. The van der Waals surface area contributed by atoms with Crippen LogP contribution in [-0.2, 0) is 9.53 Å². The van der Waals surface area contributed by atoms with Gasteiger partial charge in [0.25, 0.3) is 0 Å². The maximum atomic E-state index is 12.2. The molecule has 5 heteroatoms. The number of carbonyl (C=O) groups is 1. The largest absolute Gasteiger partial charge is 0.466 e. The molecule has 1 heterocycles. The summed E-state index contributed by atoms with van der Waals surface area (Å²) in [5, 5.41) is 5.02. The predicted molar refractivity (Wildman–Crippen MR) is 157 cm³/mol. The number of ether oxygens (including phenoxy) is 1. The fraction of sp³-hybridized carbons (Fsp3) is 0.367. The van der Waals surface area contributed by atoms with Crippen molar-refractivity contribution < 1.29 is 9.53 Å². The Bertz CT molecular complexity index is 912. The molecule has 1 fully saturated rings. The first kappa shape index (κ1) is 26.3. The number of carbonyl (C=O) groups excluding carboxylic acids is 1. The van der Waals surface area contributed by atoms with E-state index in [1.165, 1.54) is 34.5 Å². The van der Waals surface area contributed by atoms with Gasteiger partial charge in [0.15, 0.2) is 0 Å². The van der Waals surface area contributed by atoms with Crippen LogP contribution in [0.5, 0.6) is 0 Å². The van der Waals surface area contributed by atoms with Gasteiger partial charge in [0, 0.05) is 17.4 Å². The monoisotopic (exact) mass is 523 g/mol. The van der Waals surface area contributed by atoms with Crippen LogP contribution in [0.15, 0.2) is 91.0 Å². The van der Waals surface area contributed by atoms with Crippen molar-refractivity contribution in [2.24, 2.45) is 0 Å². The van der Waals surface area contributed by atoms with Gasteiger partial charge >= 0.3 is 5.97 Å². The molecule has 0 aliphatic carbocycles. The zero-order valence-corrected chi connectivity index (χ0v) is 22.9. The molecule has 0 radical (unpaired) electrons. The number of rotatable bonds is 13. The lowest BCUT2D eigenvalue weighted by molar-refractivity contribution is -0.143. The van der Waals surface area contributed by atoms with Crippen LogP contribution in [0.25, 0.3) is 0 Å². The first-order valence-electron chi connectivity index (χ1n) is 12.8. The van der Waals surface area contributed by atoms with E-state index in [1.807, 2.05) is 21.6 Å². The molecular weight excluding hydrogens is 487 g/mol. The second-order valence-electron chi connectivity index (χ2n) is 9.04. The molecule has 2 nitrogen and oxygen atoms in total. The maximum absolute atomic E-state index is 12.2. The number of benzene rings is 3. The summed E-state index contributed by atoms with van der Waals surface area (Å²) in [5.74, 6) is 1.24. The van der Waals surface area contributed by atoms with Gasteiger partial charge in [0.1, 0.15) is 23.2 Å². The molecule has 0 saturated carbocycles. The molecule has 4 rings (SSSR count). The number of unbranched alkanes of at least 4 members (excludes halogenated alkanes) is 2. The van der Waals surface area contributed by atoms with Crippen LogP contribution in [0.2, 0.25) is 0 Å². The Labute approximate surface area is 219 Å². The topological polar surface area (TPSA) is 26.3 Å². The van der Waals surface area contributed by atoms with Gasteiger partial charge in [-0.15, -0.1) is 0 Å². The van der Waals surface area contributed by atoms with Crippen LogP contribution in [0.4, 0.5) is 0 Å². The summed E-state index contributed by atoms with van der Waals surface area (Å²) >= 11 is 0. The molecule has 1 aliphatic rings. The lowest BCUT2D eigenvalue weighted by Crippen LogP contribution is -2.33. The van der Waals surface area contributed by atoms with Gasteiger partial charge in [-0.1, -0.05) is 82.6 Å². The predicted octanol–water partition coefficient (Wildman–Crippen LogP) is 7.02. The summed E-state index contributed by atoms with van der Waals surface area (Å²) in [7, 11) is 2.21. The van der Waals surface area contributed by atoms with E-state index in [2.05, 4.69) is 91.0 Å². The molecule has 1 aliphatic heterocycles. The van der Waals surface area contributed by atoms with Crippen molar-refractivity contribution in [2.75, 3.05) is 18.5 Å². The Morgan fingerprint density at radius 1 is 0.771 bits per heavy atom. The second kappa shape index (κ2) is 14.1. The van der Waals surface area contributed by atoms with Crippen LogP contribution >= 0.6 is 28.9 Å². The Balaban J connectivity index is 1.34. The van der Waals surface area contributed by atoms with E-state index in [0.29, 0.717) is 13.0 Å². The maximum Gasteiger partial charge on any atom is 0.305 e. The molecule has 0 aromatic heterocycles. The molecule has 1 saturated heterocycles. The third-order valence-electron chi connectivity index (χ3n) is 6.63. The molecule has 1 atom stereocenters. The van der Waals surface area contributed by atoms with Crippen LogP contribution in [0, 0.1) is 0 Å². The van der Waals surface area contributed by atoms with E-state index in [4.69, 9.17) is 4.74 Å². The van der Waals surface area contributed by atoms with Crippen LogP contribution in [0.3, 0.4) is 0 Å². The smallest absolute Gasteiger partial charge is 0.305 e. The average Bonchev–Trinajstić information content (AvgIpc) is 3.44. The normalized spacial score (nSPS) is 15.7. The average molecular weight is 524 g/mol. The highest BCUT2D eigenvalue weighted by Crippen LogP contribution is 2.55. The molecule has 184 valence electrons. The third-order valence-corrected chi connectivity index (χ3v) is 14.2. The molecule has 0 amide bonds. The van der Waals surface area contributed by atoms with E-state index in [1.54, 1.807) is 0 Å². The fourth-order valence-electron chi connectivity index (χ4n) is 4.80. The summed E-state index contributed by atoms with van der Waals surface area (Å²) in [5.41, 5.74) is 0. The molecule has 0 bridgehead atoms. The van der Waals surface area contributed by atoms with Gasteiger partial charge in [-0.3, -0.25) is 4.79 Å². The lowest BCUT2D eigenvalue weighted by atomic mass is 10.1. The van der Waals surface area contributed by atoms with Gasteiger partial charge in [0.05, 0.1) is 12.8 Å². The summed E-state index contributed by atoms with van der Waals surface area (Å²) in [6, 6.07) is 32.9. The lowest BCUT2D eigenvalue weighted by Gasteiger charge is -2.27. The van der Waals surface area contributed by atoms with E-state index < -0.39 is 7.26 Å². The molecule has 0 spiro atoms. The first-order chi connectivity index (χ1) is 17.3. The SMILES string of the molecule is O=C(CCCCC1CCSS1)OCCCC[P+](c1ccccc1)(c1ccccc1)c1ccccc1. The Kier molecular flexibility index (Phi) is 10.6. The summed E-state index contributed by atoms with van der Waals surface area (Å²) < 4.78 is 5.61. The van der Waals surface area contributed by atoms with Crippen molar-refractivity contribution in [3.8, 4) is 0 Å². The van der Waals surface area contributed by atoms with Gasteiger partial charge in [0.2, 0.25) is 0 Å². The van der Waals surface area contributed by atoms with E-state index in [9.17, 15) is 4.79 Å². The summed E-state index contributed by atoms with van der Waals surface area (Å²) in [6.07, 6.45) is 8.18. The van der Waals surface area contributed by atoms with E-state index in [0.717, 1.165) is 37.1 Å². The van der Waals surface area contributed by atoms with Crippen molar-refractivity contribution >= 4 is 50.7 Å². The Morgan fingerprint density at radius 3 is 1.86 bits per heavy atom. The minimum atomic E-state index is -1.79. The molecule has 3 aromatic rings. The molecule has 0 N–H and O–H groups in total. The van der Waals surface area contributed by atoms with Gasteiger partial charge in [-0.25, -0.2) is 0 Å². The van der Waals surface area contributed by atoms with Crippen molar-refractivity contribution in [3.05, 3.63) is 91.0 Å². The second-order valence-corrected chi connectivity index (χ2v) is 15.4. The van der Waals surface area contributed by atoms with Crippen LogP contribution < -0.4 is 15.9 Å². The van der Waals surface area contributed by atoms with Crippen molar-refractivity contribution in [1.82, 2.24) is 0 Å². The fourth-order valence-corrected chi connectivity index (χ4v) is 12.2. The van der Waals surface area contributed by atoms with E-state index >= 15 is 0 Å². The minimum absolute atomic E-state index is 0.0336. The molecule has 3 aromatic carbocycles. The van der Waals surface area contributed by atoms with Gasteiger partial charge < -0.3 is 4.74 Å². The van der Waals surface area contributed by atoms with Gasteiger partial charge in [-0.05, 0) is 68.5 Å². The van der Waals surface area contributed by atoms with Crippen molar-refractivity contribution in [3.63, 3.8) is 0 Å². The Morgan fingerprint density at radius 2 is 1.34 bits per heavy atom. The highest BCUT2D eigenvalue weighted by Gasteiger charge is 2.44. The zero-order chi connectivity index (χ0) is 24.2. The van der Waals surface area contributed by atoms with Crippen molar-refractivity contribution in [1.29, 1.82) is 0 Å². The number of esters is 1. The Hall–Kier alpha value is -1.74. The summed E-state index contributed by atoms with van der Waals surface area (Å²) in [4.78, 5) is 12.2. The number of hydrogen-bond donors (Lipinski definition) is 0. The van der Waals surface area contributed by atoms with Crippen LogP contribution in [-0.4, -0.2) is 29.7 Å². The van der Waals surface area contributed by atoms with Crippen LogP contribution in [0.1, 0.15) is 44.9 Å². The minimum Gasteiger partial charge on any atom is -0.466 e. The first-order valence-corrected chi connectivity index (χ1v) is 17.1. The van der Waals surface area contributed by atoms with Gasteiger partial charge in [-0.2, -0.15) is 0 Å². The molecule has 1 unspecified atom stereocenters. The third kappa shape index (κ3) is 7.38. The van der Waals surface area contributed by atoms with Crippen molar-refractivity contribution in [2.45, 2.75) is 50.2 Å². The molecular formula is C30H36O2PS2+. The van der Waals surface area contributed by atoms with E-state index in [-0.39, 0.29) is 5.97 Å². The summed E-state index contributed by atoms with van der Waals surface area (Å²) in [6.45, 7) is 0.520. The highest BCUT2D eigenvalue weighted by atomic mass is 33.1. The standard InChI is InChI=1S/C30H36O2PS2/c31-30(21-11-10-20-29-22-25-34-35-29)32-23-12-13-24-33(26-14-4-1-5-15-26,27-16-6-2-7-17-27)28-18-8-3-9-19-28/h1-9,14-19,29H,10-13,20-25H2/q+1.